The van der Waals surface area contributed by atoms with Gasteiger partial charge in [0.25, 0.3) is 5.89 Å². The standard InChI is InChI=1S/C19H18ClF3N4O/c1-18(2,3)12-7-5-11(6-8-12)17-24-14(28-26-17)10-9-13-15(19(21,22)23)25-27(4)16(13)20/h5-10H,1-4H3/b10-9+. The Morgan fingerprint density at radius 2 is 1.71 bits per heavy atom. The summed E-state index contributed by atoms with van der Waals surface area (Å²) in [6, 6.07) is 7.70. The second-order valence-corrected chi connectivity index (χ2v) is 7.65. The molecule has 0 spiro atoms. The van der Waals surface area contributed by atoms with E-state index in [-0.39, 0.29) is 22.0 Å². The first-order valence-electron chi connectivity index (χ1n) is 8.39. The van der Waals surface area contributed by atoms with E-state index in [0.29, 0.717) is 5.82 Å². The molecule has 0 saturated carbocycles. The first-order chi connectivity index (χ1) is 13.0. The molecule has 0 bridgehead atoms. The second-order valence-electron chi connectivity index (χ2n) is 7.29. The highest BCUT2D eigenvalue weighted by Gasteiger charge is 2.38. The van der Waals surface area contributed by atoms with Gasteiger partial charge in [-0.1, -0.05) is 61.8 Å². The molecule has 0 N–H and O–H groups in total. The lowest BCUT2D eigenvalue weighted by Crippen LogP contribution is -2.10. The van der Waals surface area contributed by atoms with Crippen molar-refractivity contribution in [1.82, 2.24) is 19.9 Å². The molecule has 0 aliphatic carbocycles. The molecule has 1 aromatic carbocycles. The number of benzene rings is 1. The molecule has 0 fully saturated rings. The fourth-order valence-corrected chi connectivity index (χ4v) is 2.76. The smallest absolute Gasteiger partial charge is 0.334 e. The van der Waals surface area contributed by atoms with Crippen molar-refractivity contribution in [2.75, 3.05) is 0 Å². The summed E-state index contributed by atoms with van der Waals surface area (Å²) in [5, 5.41) is 7.15. The zero-order valence-corrected chi connectivity index (χ0v) is 16.4. The molecule has 9 heteroatoms. The molecule has 5 nitrogen and oxygen atoms in total. The minimum Gasteiger partial charge on any atom is -0.334 e. The van der Waals surface area contributed by atoms with Crippen LogP contribution in [0.1, 0.15) is 43.5 Å². The summed E-state index contributed by atoms with van der Waals surface area (Å²) in [7, 11) is 1.33. The Hall–Kier alpha value is -2.61. The third-order valence-corrected chi connectivity index (χ3v) is 4.57. The summed E-state index contributed by atoms with van der Waals surface area (Å²) in [4.78, 5) is 4.20. The molecule has 0 saturated heterocycles. The van der Waals surface area contributed by atoms with Gasteiger partial charge in [0.05, 0.1) is 0 Å². The Bertz CT molecular complexity index is 1010. The summed E-state index contributed by atoms with van der Waals surface area (Å²) in [6.45, 7) is 6.33. The van der Waals surface area contributed by atoms with Crippen LogP contribution in [-0.2, 0) is 18.6 Å². The van der Waals surface area contributed by atoms with Crippen molar-refractivity contribution in [2.24, 2.45) is 7.05 Å². The lowest BCUT2D eigenvalue weighted by Gasteiger charge is -2.18. The molecule has 2 heterocycles. The highest BCUT2D eigenvalue weighted by molar-refractivity contribution is 6.31. The number of alkyl halides is 3. The van der Waals surface area contributed by atoms with Gasteiger partial charge in [0.15, 0.2) is 5.69 Å². The molecule has 148 valence electrons. The maximum atomic E-state index is 13.1. The van der Waals surface area contributed by atoms with Gasteiger partial charge in [-0.05, 0) is 17.1 Å². The predicted octanol–water partition coefficient (Wildman–Crippen LogP) is 5.61. The number of rotatable bonds is 3. The topological polar surface area (TPSA) is 56.7 Å². The first kappa shape index (κ1) is 20.1. The highest BCUT2D eigenvalue weighted by atomic mass is 35.5. The molecule has 3 aromatic rings. The molecule has 3 rings (SSSR count). The Morgan fingerprint density at radius 1 is 1.07 bits per heavy atom. The van der Waals surface area contributed by atoms with E-state index in [1.165, 1.54) is 13.1 Å². The third kappa shape index (κ3) is 4.11. The van der Waals surface area contributed by atoms with E-state index in [1.807, 2.05) is 24.3 Å². The van der Waals surface area contributed by atoms with Crippen molar-refractivity contribution in [3.63, 3.8) is 0 Å². The van der Waals surface area contributed by atoms with Crippen LogP contribution in [0.2, 0.25) is 5.15 Å². The highest BCUT2D eigenvalue weighted by Crippen LogP contribution is 2.35. The number of halogens is 4. The van der Waals surface area contributed by atoms with Gasteiger partial charge in [0.2, 0.25) is 5.82 Å². The van der Waals surface area contributed by atoms with E-state index in [9.17, 15) is 13.2 Å². The van der Waals surface area contributed by atoms with Crippen LogP contribution in [0.25, 0.3) is 23.5 Å². The van der Waals surface area contributed by atoms with Crippen molar-refractivity contribution in [1.29, 1.82) is 0 Å². The van der Waals surface area contributed by atoms with Gasteiger partial charge in [-0.2, -0.15) is 23.3 Å². The lowest BCUT2D eigenvalue weighted by atomic mass is 9.87. The zero-order valence-electron chi connectivity index (χ0n) is 15.7. The fraction of sp³-hybridized carbons (Fsp3) is 0.316. The van der Waals surface area contributed by atoms with Gasteiger partial charge in [0.1, 0.15) is 5.15 Å². The molecule has 0 aliphatic heterocycles. The summed E-state index contributed by atoms with van der Waals surface area (Å²) < 4.78 is 45.3. The van der Waals surface area contributed by atoms with E-state index in [4.69, 9.17) is 16.1 Å². The van der Waals surface area contributed by atoms with Crippen molar-refractivity contribution in [3.05, 3.63) is 52.1 Å². The number of hydrogen-bond donors (Lipinski definition) is 0. The van der Waals surface area contributed by atoms with Crippen LogP contribution >= 0.6 is 11.6 Å². The number of aromatic nitrogens is 4. The minimum atomic E-state index is -4.63. The van der Waals surface area contributed by atoms with Crippen LogP contribution in [0.3, 0.4) is 0 Å². The SMILES string of the molecule is Cn1nc(C(F)(F)F)c(/C=C/c2nc(-c3ccc(C(C)(C)C)cc3)no2)c1Cl. The number of nitrogens with zero attached hydrogens (tertiary/aromatic N) is 4. The van der Waals surface area contributed by atoms with Crippen LogP contribution in [-0.4, -0.2) is 19.9 Å². The Labute approximate surface area is 164 Å². The zero-order chi connectivity index (χ0) is 20.7. The number of aryl methyl sites for hydroxylation is 1. The van der Waals surface area contributed by atoms with E-state index >= 15 is 0 Å². The molecule has 0 amide bonds. The van der Waals surface area contributed by atoms with Crippen LogP contribution in [0.4, 0.5) is 13.2 Å². The molecule has 0 atom stereocenters. The molecule has 28 heavy (non-hydrogen) atoms. The average molecular weight is 411 g/mol. The number of hydrogen-bond acceptors (Lipinski definition) is 4. The fourth-order valence-electron chi connectivity index (χ4n) is 2.57. The van der Waals surface area contributed by atoms with Crippen molar-refractivity contribution >= 4 is 23.8 Å². The molecular weight excluding hydrogens is 393 g/mol. The molecule has 0 unspecified atom stereocenters. The van der Waals surface area contributed by atoms with Crippen LogP contribution < -0.4 is 0 Å². The molecule has 2 aromatic heterocycles. The van der Waals surface area contributed by atoms with Crippen molar-refractivity contribution in [3.8, 4) is 11.4 Å². The van der Waals surface area contributed by atoms with E-state index in [1.54, 1.807) is 0 Å². The van der Waals surface area contributed by atoms with Gasteiger partial charge in [-0.25, -0.2) is 0 Å². The monoisotopic (exact) mass is 410 g/mol. The molecule has 0 aliphatic rings. The summed E-state index contributed by atoms with van der Waals surface area (Å²) in [5.74, 6) is 0.399. The van der Waals surface area contributed by atoms with Crippen LogP contribution in [0.15, 0.2) is 28.8 Å². The van der Waals surface area contributed by atoms with Gasteiger partial charge < -0.3 is 4.52 Å². The summed E-state index contributed by atoms with van der Waals surface area (Å²) in [5.41, 5.74) is 0.584. The lowest BCUT2D eigenvalue weighted by molar-refractivity contribution is -0.141. The maximum Gasteiger partial charge on any atom is 0.435 e. The normalized spacial score (nSPS) is 12.9. The quantitative estimate of drug-likeness (QED) is 0.563. The Morgan fingerprint density at radius 3 is 2.29 bits per heavy atom. The molecule has 0 radical (unpaired) electrons. The van der Waals surface area contributed by atoms with Gasteiger partial charge in [0, 0.05) is 24.3 Å². The van der Waals surface area contributed by atoms with E-state index < -0.39 is 11.9 Å². The van der Waals surface area contributed by atoms with Crippen molar-refractivity contribution < 1.29 is 17.7 Å². The van der Waals surface area contributed by atoms with Crippen LogP contribution in [0.5, 0.6) is 0 Å². The van der Waals surface area contributed by atoms with E-state index in [0.717, 1.165) is 21.9 Å². The maximum absolute atomic E-state index is 13.1. The van der Waals surface area contributed by atoms with Crippen molar-refractivity contribution in [2.45, 2.75) is 32.4 Å². The Kier molecular flexibility index (Phi) is 5.10. The molecular formula is C19H18ClF3N4O. The average Bonchev–Trinajstić information content (AvgIpc) is 3.18. The first-order valence-corrected chi connectivity index (χ1v) is 8.77. The second kappa shape index (κ2) is 7.09. The predicted molar refractivity (Wildman–Crippen MR) is 101 cm³/mol. The summed E-state index contributed by atoms with van der Waals surface area (Å²) in [6.07, 6.45) is -2.18. The van der Waals surface area contributed by atoms with Gasteiger partial charge in [-0.15, -0.1) is 0 Å². The summed E-state index contributed by atoms with van der Waals surface area (Å²) >= 11 is 5.92. The van der Waals surface area contributed by atoms with Gasteiger partial charge in [-0.3, -0.25) is 4.68 Å². The largest absolute Gasteiger partial charge is 0.435 e. The van der Waals surface area contributed by atoms with E-state index in [2.05, 4.69) is 36.0 Å². The minimum absolute atomic E-state index is 0.0167. The van der Waals surface area contributed by atoms with Crippen LogP contribution in [0, 0.1) is 0 Å². The Balaban J connectivity index is 1.86. The third-order valence-electron chi connectivity index (χ3n) is 4.12. The van der Waals surface area contributed by atoms with Gasteiger partial charge >= 0.3 is 6.18 Å².